The van der Waals surface area contributed by atoms with E-state index < -0.39 is 5.97 Å². The van der Waals surface area contributed by atoms with Crippen molar-refractivity contribution in [1.29, 1.82) is 0 Å². The van der Waals surface area contributed by atoms with Gasteiger partial charge in [-0.2, -0.15) is 5.10 Å². The van der Waals surface area contributed by atoms with Gasteiger partial charge in [0.2, 0.25) is 0 Å². The van der Waals surface area contributed by atoms with E-state index in [1.807, 2.05) is 57.2 Å². The summed E-state index contributed by atoms with van der Waals surface area (Å²) >= 11 is 0. The van der Waals surface area contributed by atoms with Crippen LogP contribution in [0.15, 0.2) is 54.6 Å². The maximum atomic E-state index is 11.2. The van der Waals surface area contributed by atoms with Crippen LogP contribution in [0.4, 0.5) is 0 Å². The summed E-state index contributed by atoms with van der Waals surface area (Å²) in [5, 5.41) is 15.1. The molecule has 0 aliphatic heterocycles. The Labute approximate surface area is 202 Å². The molecular weight excluding hydrogens is 428 g/mol. The average Bonchev–Trinajstić information content (AvgIpc) is 3.12. The maximum Gasteiger partial charge on any atom is 0.304 e. The molecule has 182 valence electrons. The van der Waals surface area contributed by atoms with Gasteiger partial charge in [0, 0.05) is 17.8 Å². The molecule has 1 atom stereocenters. The molecule has 0 aliphatic rings. The summed E-state index contributed by atoms with van der Waals surface area (Å²) in [4.78, 5) is 11.2. The fourth-order valence-corrected chi connectivity index (χ4v) is 3.91. The van der Waals surface area contributed by atoms with Crippen molar-refractivity contribution in [2.75, 3.05) is 0 Å². The van der Waals surface area contributed by atoms with Gasteiger partial charge in [-0.25, -0.2) is 0 Å². The molecule has 3 aromatic rings. The normalized spacial score (nSPS) is 12.8. The van der Waals surface area contributed by atoms with Crippen molar-refractivity contribution in [2.24, 2.45) is 5.92 Å². The lowest BCUT2D eigenvalue weighted by molar-refractivity contribution is -0.137. The molecule has 0 amide bonds. The van der Waals surface area contributed by atoms with Crippen LogP contribution >= 0.6 is 0 Å². The SMILES string of the molecule is CC=C[C@H](CC(=O)O)c1ccc(OCc2ccc3c(COC(C)C)nn(CC(C)C)c3c2)cc1. The van der Waals surface area contributed by atoms with Gasteiger partial charge in [0.25, 0.3) is 0 Å². The molecule has 6 heteroatoms. The summed E-state index contributed by atoms with van der Waals surface area (Å²) in [5.41, 5.74) is 4.08. The minimum absolute atomic E-state index is 0.0683. The molecule has 0 fully saturated rings. The summed E-state index contributed by atoms with van der Waals surface area (Å²) in [6.07, 6.45) is 4.03. The number of aliphatic carboxylic acids is 1. The standard InChI is InChI=1S/C28H36N2O4/c1-6-7-23(15-28(31)32)22-9-11-24(12-10-22)34-17-21-8-13-25-26(18-33-20(4)5)29-30(16-19(2)3)27(25)14-21/h6-14,19-20,23H,15-18H2,1-5H3,(H,31,32)/t23-/m1/s1. The highest BCUT2D eigenvalue weighted by atomic mass is 16.5. The van der Waals surface area contributed by atoms with Gasteiger partial charge in [-0.3, -0.25) is 9.48 Å². The lowest BCUT2D eigenvalue weighted by Gasteiger charge is -2.12. The number of carbonyl (C=O) groups is 1. The lowest BCUT2D eigenvalue weighted by Crippen LogP contribution is -2.07. The van der Waals surface area contributed by atoms with Gasteiger partial charge in [0.05, 0.1) is 30.3 Å². The molecule has 0 radical (unpaired) electrons. The van der Waals surface area contributed by atoms with Gasteiger partial charge in [-0.05, 0) is 56.0 Å². The van der Waals surface area contributed by atoms with E-state index in [4.69, 9.17) is 19.7 Å². The zero-order valence-corrected chi connectivity index (χ0v) is 20.8. The van der Waals surface area contributed by atoms with Crippen molar-refractivity contribution in [3.8, 4) is 5.75 Å². The Balaban J connectivity index is 1.75. The van der Waals surface area contributed by atoms with Gasteiger partial charge in [-0.1, -0.05) is 50.3 Å². The van der Waals surface area contributed by atoms with Crippen molar-refractivity contribution in [3.63, 3.8) is 0 Å². The van der Waals surface area contributed by atoms with Crippen molar-refractivity contribution in [1.82, 2.24) is 9.78 Å². The molecule has 1 heterocycles. The summed E-state index contributed by atoms with van der Waals surface area (Å²) in [7, 11) is 0. The van der Waals surface area contributed by atoms with E-state index in [0.717, 1.165) is 40.0 Å². The average molecular weight is 465 g/mol. The predicted molar refractivity (Wildman–Crippen MR) is 135 cm³/mol. The fourth-order valence-electron chi connectivity index (χ4n) is 3.91. The van der Waals surface area contributed by atoms with Gasteiger partial charge in [0.15, 0.2) is 0 Å². The monoisotopic (exact) mass is 464 g/mol. The van der Waals surface area contributed by atoms with Crippen LogP contribution in [0.3, 0.4) is 0 Å². The molecule has 0 aliphatic carbocycles. The Hall–Kier alpha value is -3.12. The first-order valence-corrected chi connectivity index (χ1v) is 11.9. The highest BCUT2D eigenvalue weighted by Gasteiger charge is 2.14. The van der Waals surface area contributed by atoms with Crippen molar-refractivity contribution < 1.29 is 19.4 Å². The third-order valence-corrected chi connectivity index (χ3v) is 5.52. The largest absolute Gasteiger partial charge is 0.489 e. The molecule has 0 unspecified atom stereocenters. The third kappa shape index (κ3) is 6.94. The Morgan fingerprint density at radius 2 is 1.82 bits per heavy atom. The first kappa shape index (κ1) is 25.5. The smallest absolute Gasteiger partial charge is 0.304 e. The van der Waals surface area contributed by atoms with E-state index in [1.165, 1.54) is 0 Å². The van der Waals surface area contributed by atoms with E-state index in [1.54, 1.807) is 0 Å². The number of fused-ring (bicyclic) bond motifs is 1. The van der Waals surface area contributed by atoms with Gasteiger partial charge < -0.3 is 14.6 Å². The van der Waals surface area contributed by atoms with E-state index >= 15 is 0 Å². The van der Waals surface area contributed by atoms with E-state index in [-0.39, 0.29) is 18.4 Å². The summed E-state index contributed by atoms with van der Waals surface area (Å²) in [6.45, 7) is 12.1. The zero-order valence-electron chi connectivity index (χ0n) is 20.8. The molecule has 6 nitrogen and oxygen atoms in total. The van der Waals surface area contributed by atoms with Crippen LogP contribution in [0.1, 0.15) is 63.8 Å². The Morgan fingerprint density at radius 1 is 1.09 bits per heavy atom. The Bertz CT molecular complexity index is 1110. The number of allylic oxidation sites excluding steroid dienone is 2. The second kappa shape index (κ2) is 11.8. The second-order valence-corrected chi connectivity index (χ2v) is 9.32. The highest BCUT2D eigenvalue weighted by molar-refractivity contribution is 5.82. The Morgan fingerprint density at radius 3 is 2.44 bits per heavy atom. The molecule has 0 saturated carbocycles. The number of rotatable bonds is 12. The quantitative estimate of drug-likeness (QED) is 0.317. The second-order valence-electron chi connectivity index (χ2n) is 9.32. The number of ether oxygens (including phenoxy) is 2. The number of aromatic nitrogens is 2. The van der Waals surface area contributed by atoms with Crippen molar-refractivity contribution in [2.45, 2.75) is 72.8 Å². The molecule has 1 aromatic heterocycles. The van der Waals surface area contributed by atoms with Gasteiger partial charge in [-0.15, -0.1) is 0 Å². The number of benzene rings is 2. The van der Waals surface area contributed by atoms with Crippen LogP contribution in [0.5, 0.6) is 5.75 Å². The number of carboxylic acid groups (broad SMARTS) is 1. The molecular formula is C28H36N2O4. The minimum Gasteiger partial charge on any atom is -0.489 e. The highest BCUT2D eigenvalue weighted by Crippen LogP contribution is 2.26. The van der Waals surface area contributed by atoms with Crippen LogP contribution in [-0.4, -0.2) is 27.0 Å². The van der Waals surface area contributed by atoms with E-state index in [2.05, 4.69) is 36.7 Å². The number of nitrogens with zero attached hydrogens (tertiary/aromatic N) is 2. The van der Waals surface area contributed by atoms with E-state index in [0.29, 0.717) is 19.1 Å². The van der Waals surface area contributed by atoms with Gasteiger partial charge in [0.1, 0.15) is 12.4 Å². The van der Waals surface area contributed by atoms with Crippen LogP contribution in [-0.2, 0) is 29.3 Å². The molecule has 1 N–H and O–H groups in total. The third-order valence-electron chi connectivity index (χ3n) is 5.52. The topological polar surface area (TPSA) is 73.6 Å². The van der Waals surface area contributed by atoms with Crippen molar-refractivity contribution in [3.05, 3.63) is 71.4 Å². The molecule has 3 rings (SSSR count). The predicted octanol–water partition coefficient (Wildman–Crippen LogP) is 6.33. The molecule has 0 spiro atoms. The molecule has 34 heavy (non-hydrogen) atoms. The first-order chi connectivity index (χ1) is 16.3. The zero-order chi connectivity index (χ0) is 24.7. The first-order valence-electron chi connectivity index (χ1n) is 11.9. The van der Waals surface area contributed by atoms with E-state index in [9.17, 15) is 4.79 Å². The summed E-state index contributed by atoms with van der Waals surface area (Å²) in [6, 6.07) is 14.0. The number of carboxylic acids is 1. The number of hydrogen-bond donors (Lipinski definition) is 1. The molecule has 2 aromatic carbocycles. The van der Waals surface area contributed by atoms with Gasteiger partial charge >= 0.3 is 5.97 Å². The van der Waals surface area contributed by atoms with Crippen LogP contribution in [0, 0.1) is 5.92 Å². The lowest BCUT2D eigenvalue weighted by atomic mass is 9.95. The summed E-state index contributed by atoms with van der Waals surface area (Å²) < 4.78 is 13.9. The van der Waals surface area contributed by atoms with Crippen LogP contribution < -0.4 is 4.74 Å². The molecule has 0 saturated heterocycles. The Kier molecular flexibility index (Phi) is 8.88. The maximum absolute atomic E-state index is 11.2. The van der Waals surface area contributed by atoms with Crippen molar-refractivity contribution >= 4 is 16.9 Å². The molecule has 0 bridgehead atoms. The van der Waals surface area contributed by atoms with Crippen LogP contribution in [0.2, 0.25) is 0 Å². The van der Waals surface area contributed by atoms with Crippen LogP contribution in [0.25, 0.3) is 10.9 Å². The number of hydrogen-bond acceptors (Lipinski definition) is 4. The minimum atomic E-state index is -0.811. The summed E-state index contributed by atoms with van der Waals surface area (Å²) in [5.74, 6) is 0.275. The fraction of sp³-hybridized carbons (Fsp3) is 0.429.